The number of piperidine rings is 1. The Balaban J connectivity index is 1.67. The van der Waals surface area contributed by atoms with Gasteiger partial charge in [0.1, 0.15) is 5.82 Å². The molecule has 6 nitrogen and oxygen atoms in total. The zero-order valence-electron chi connectivity index (χ0n) is 15.3. The Morgan fingerprint density at radius 1 is 1.11 bits per heavy atom. The summed E-state index contributed by atoms with van der Waals surface area (Å²) < 4.78 is 39.9. The number of rotatable bonds is 6. The number of nitrogens with one attached hydrogen (secondary N) is 1. The van der Waals surface area contributed by atoms with Crippen molar-refractivity contribution in [3.8, 4) is 0 Å². The van der Waals surface area contributed by atoms with Crippen LogP contribution in [0, 0.1) is 5.82 Å². The standard InChI is InChI=1S/C20H23FN2O4S/c21-17-9-7-15(8-10-17)19(24)14-22-20(25)16-5-4-6-18(13-16)28(26,27)23-11-2-1-3-12-23/h4-10,13,19,24H,1-3,11-12,14H2,(H,22,25). The topological polar surface area (TPSA) is 86.7 Å². The summed E-state index contributed by atoms with van der Waals surface area (Å²) in [4.78, 5) is 12.5. The van der Waals surface area contributed by atoms with Gasteiger partial charge in [0.05, 0.1) is 11.0 Å². The number of hydrogen-bond donors (Lipinski definition) is 2. The molecule has 150 valence electrons. The molecule has 1 saturated heterocycles. The zero-order chi connectivity index (χ0) is 20.1. The average molecular weight is 406 g/mol. The van der Waals surface area contributed by atoms with E-state index in [1.807, 2.05) is 0 Å². The molecule has 1 heterocycles. The first-order chi connectivity index (χ1) is 13.4. The van der Waals surface area contributed by atoms with Crippen molar-refractivity contribution in [1.82, 2.24) is 9.62 Å². The minimum Gasteiger partial charge on any atom is -0.387 e. The number of amides is 1. The van der Waals surface area contributed by atoms with Crippen LogP contribution in [0.5, 0.6) is 0 Å². The number of benzene rings is 2. The maximum Gasteiger partial charge on any atom is 0.251 e. The predicted molar refractivity (Wildman–Crippen MR) is 103 cm³/mol. The van der Waals surface area contributed by atoms with Gasteiger partial charge in [-0.05, 0) is 48.7 Å². The lowest BCUT2D eigenvalue weighted by Gasteiger charge is -2.26. The number of halogens is 1. The second-order valence-electron chi connectivity index (χ2n) is 6.77. The van der Waals surface area contributed by atoms with Crippen molar-refractivity contribution in [2.75, 3.05) is 19.6 Å². The summed E-state index contributed by atoms with van der Waals surface area (Å²) in [5.41, 5.74) is 0.674. The second-order valence-corrected chi connectivity index (χ2v) is 8.71. The fourth-order valence-corrected chi connectivity index (χ4v) is 4.71. The molecule has 8 heteroatoms. The zero-order valence-corrected chi connectivity index (χ0v) is 16.2. The summed E-state index contributed by atoms with van der Waals surface area (Å²) in [6.45, 7) is 0.902. The minimum atomic E-state index is -3.63. The lowest BCUT2D eigenvalue weighted by molar-refractivity contribution is 0.0916. The minimum absolute atomic E-state index is 0.0758. The van der Waals surface area contributed by atoms with Crippen molar-refractivity contribution in [2.45, 2.75) is 30.3 Å². The van der Waals surface area contributed by atoms with E-state index in [-0.39, 0.29) is 17.0 Å². The summed E-state index contributed by atoms with van der Waals surface area (Å²) in [6, 6.07) is 11.2. The number of carbonyl (C=O) groups excluding carboxylic acids is 1. The molecule has 0 saturated carbocycles. The van der Waals surface area contributed by atoms with Gasteiger partial charge in [-0.2, -0.15) is 4.31 Å². The van der Waals surface area contributed by atoms with Gasteiger partial charge in [-0.25, -0.2) is 12.8 Å². The third kappa shape index (κ3) is 4.76. The first-order valence-corrected chi connectivity index (χ1v) is 10.6. The highest BCUT2D eigenvalue weighted by Gasteiger charge is 2.26. The van der Waals surface area contributed by atoms with Crippen molar-refractivity contribution in [3.05, 3.63) is 65.5 Å². The Labute approximate surface area is 164 Å². The predicted octanol–water partition coefficient (Wildman–Crippen LogP) is 2.46. The molecular formula is C20H23FN2O4S. The van der Waals surface area contributed by atoms with E-state index >= 15 is 0 Å². The largest absolute Gasteiger partial charge is 0.387 e. The van der Waals surface area contributed by atoms with Crippen molar-refractivity contribution in [2.24, 2.45) is 0 Å². The molecule has 1 atom stereocenters. The van der Waals surface area contributed by atoms with Gasteiger partial charge in [-0.3, -0.25) is 4.79 Å². The van der Waals surface area contributed by atoms with Crippen molar-refractivity contribution in [1.29, 1.82) is 0 Å². The van der Waals surface area contributed by atoms with E-state index in [1.165, 1.54) is 52.8 Å². The first-order valence-electron chi connectivity index (χ1n) is 9.20. The molecule has 1 aliphatic heterocycles. The number of aliphatic hydroxyl groups is 1. The van der Waals surface area contributed by atoms with Crippen LogP contribution in [-0.2, 0) is 10.0 Å². The summed E-state index contributed by atoms with van der Waals surface area (Å²) >= 11 is 0. The summed E-state index contributed by atoms with van der Waals surface area (Å²) in [7, 11) is -3.63. The molecule has 28 heavy (non-hydrogen) atoms. The smallest absolute Gasteiger partial charge is 0.251 e. The molecule has 0 spiro atoms. The highest BCUT2D eigenvalue weighted by atomic mass is 32.2. The van der Waals surface area contributed by atoms with E-state index in [1.54, 1.807) is 0 Å². The summed E-state index contributed by atoms with van der Waals surface area (Å²) in [5.74, 6) is -0.899. The molecular weight excluding hydrogens is 383 g/mol. The molecule has 0 aliphatic carbocycles. The molecule has 1 fully saturated rings. The fourth-order valence-electron chi connectivity index (χ4n) is 3.15. The van der Waals surface area contributed by atoms with Crippen LogP contribution in [0.2, 0.25) is 0 Å². The SMILES string of the molecule is O=C(NCC(O)c1ccc(F)cc1)c1cccc(S(=O)(=O)N2CCCCC2)c1. The lowest BCUT2D eigenvalue weighted by Crippen LogP contribution is -2.35. The Kier molecular flexibility index (Phi) is 6.43. The molecule has 1 amide bonds. The molecule has 0 aromatic heterocycles. The average Bonchev–Trinajstić information content (AvgIpc) is 2.73. The Morgan fingerprint density at radius 3 is 2.46 bits per heavy atom. The van der Waals surface area contributed by atoms with Gasteiger partial charge >= 0.3 is 0 Å². The van der Waals surface area contributed by atoms with E-state index in [4.69, 9.17) is 0 Å². The number of carbonyl (C=O) groups is 1. The van der Waals surface area contributed by atoms with E-state index in [9.17, 15) is 22.7 Å². The Bertz CT molecular complexity index is 925. The highest BCUT2D eigenvalue weighted by Crippen LogP contribution is 2.21. The lowest BCUT2D eigenvalue weighted by atomic mass is 10.1. The van der Waals surface area contributed by atoms with E-state index < -0.39 is 27.9 Å². The molecule has 2 aromatic carbocycles. The maximum absolute atomic E-state index is 13.0. The number of aliphatic hydroxyl groups excluding tert-OH is 1. The van der Waals surface area contributed by atoms with Crippen LogP contribution in [-0.4, -0.2) is 43.4 Å². The second kappa shape index (κ2) is 8.81. The Hall–Kier alpha value is -2.29. The van der Waals surface area contributed by atoms with Gasteiger partial charge in [-0.15, -0.1) is 0 Å². The van der Waals surface area contributed by atoms with E-state index in [2.05, 4.69) is 5.32 Å². The van der Waals surface area contributed by atoms with Gasteiger partial charge in [-0.1, -0.05) is 24.6 Å². The van der Waals surface area contributed by atoms with Crippen LogP contribution in [0.3, 0.4) is 0 Å². The molecule has 1 unspecified atom stereocenters. The molecule has 2 aromatic rings. The fraction of sp³-hybridized carbons (Fsp3) is 0.350. The quantitative estimate of drug-likeness (QED) is 0.772. The van der Waals surface area contributed by atoms with Gasteiger partial charge in [0.2, 0.25) is 10.0 Å². The summed E-state index contributed by atoms with van der Waals surface area (Å²) in [6.07, 6.45) is 1.69. The van der Waals surface area contributed by atoms with Gasteiger partial charge in [0.15, 0.2) is 0 Å². The monoisotopic (exact) mass is 406 g/mol. The first kappa shape index (κ1) is 20.4. The Morgan fingerprint density at radius 2 is 1.79 bits per heavy atom. The van der Waals surface area contributed by atoms with Crippen molar-refractivity contribution < 1.29 is 22.7 Å². The number of nitrogens with zero attached hydrogens (tertiary/aromatic N) is 1. The van der Waals surface area contributed by atoms with Crippen molar-refractivity contribution in [3.63, 3.8) is 0 Å². The van der Waals surface area contributed by atoms with Gasteiger partial charge in [0.25, 0.3) is 5.91 Å². The summed E-state index contributed by atoms with van der Waals surface area (Å²) in [5, 5.41) is 12.7. The third-order valence-corrected chi connectivity index (χ3v) is 6.65. The van der Waals surface area contributed by atoms with Crippen LogP contribution >= 0.6 is 0 Å². The van der Waals surface area contributed by atoms with Crippen LogP contribution in [0.4, 0.5) is 4.39 Å². The van der Waals surface area contributed by atoms with Crippen molar-refractivity contribution >= 4 is 15.9 Å². The van der Waals surface area contributed by atoms with Crippen LogP contribution in [0.1, 0.15) is 41.3 Å². The molecule has 2 N–H and O–H groups in total. The normalized spacial score (nSPS) is 16.5. The number of hydrogen-bond acceptors (Lipinski definition) is 4. The maximum atomic E-state index is 13.0. The number of sulfonamides is 1. The highest BCUT2D eigenvalue weighted by molar-refractivity contribution is 7.89. The van der Waals surface area contributed by atoms with E-state index in [0.29, 0.717) is 18.7 Å². The van der Waals surface area contributed by atoms with Gasteiger partial charge in [0, 0.05) is 25.2 Å². The van der Waals surface area contributed by atoms with Crippen LogP contribution in [0.15, 0.2) is 53.4 Å². The molecule has 1 aliphatic rings. The molecule has 3 rings (SSSR count). The van der Waals surface area contributed by atoms with Crippen LogP contribution in [0.25, 0.3) is 0 Å². The third-order valence-electron chi connectivity index (χ3n) is 4.76. The van der Waals surface area contributed by atoms with Gasteiger partial charge < -0.3 is 10.4 Å². The van der Waals surface area contributed by atoms with E-state index in [0.717, 1.165) is 19.3 Å². The molecule has 0 bridgehead atoms. The van der Waals surface area contributed by atoms with Crippen LogP contribution < -0.4 is 5.32 Å². The molecule has 0 radical (unpaired) electrons.